The van der Waals surface area contributed by atoms with Gasteiger partial charge in [0.1, 0.15) is 5.41 Å². The molecule has 0 bridgehead atoms. The molecule has 2 unspecified atom stereocenters. The van der Waals surface area contributed by atoms with Gasteiger partial charge in [0, 0.05) is 14.2 Å². The van der Waals surface area contributed by atoms with E-state index in [1.807, 2.05) is 20.8 Å². The second-order valence-corrected chi connectivity index (χ2v) is 5.80. The Kier molecular flexibility index (Phi) is 8.27. The van der Waals surface area contributed by atoms with Crippen LogP contribution in [0, 0.1) is 10.8 Å². The summed E-state index contributed by atoms with van der Waals surface area (Å²) in [5, 5.41) is 9.67. The van der Waals surface area contributed by atoms with Gasteiger partial charge in [0.15, 0.2) is 6.29 Å². The first-order chi connectivity index (χ1) is 9.21. The van der Waals surface area contributed by atoms with Gasteiger partial charge >= 0.3 is 5.97 Å². The van der Waals surface area contributed by atoms with Gasteiger partial charge in [-0.15, -0.1) is 0 Å². The van der Waals surface area contributed by atoms with Gasteiger partial charge in [-0.25, -0.2) is 0 Å². The van der Waals surface area contributed by atoms with E-state index in [-0.39, 0.29) is 13.2 Å². The van der Waals surface area contributed by atoms with Crippen molar-refractivity contribution >= 4 is 5.97 Å². The number of carboxylic acids is 1. The third-order valence-corrected chi connectivity index (χ3v) is 3.52. The summed E-state index contributed by atoms with van der Waals surface area (Å²) in [4.78, 5) is 11.8. The van der Waals surface area contributed by atoms with Crippen LogP contribution >= 0.6 is 0 Å². The highest BCUT2D eigenvalue weighted by Gasteiger charge is 2.50. The Labute approximate surface area is 121 Å². The lowest BCUT2D eigenvalue weighted by molar-refractivity contribution is -0.190. The molecule has 6 heteroatoms. The van der Waals surface area contributed by atoms with Gasteiger partial charge in [-0.1, -0.05) is 20.8 Å². The van der Waals surface area contributed by atoms with Gasteiger partial charge in [0.25, 0.3) is 0 Å². The van der Waals surface area contributed by atoms with E-state index in [1.165, 1.54) is 7.11 Å². The molecule has 0 aliphatic heterocycles. The van der Waals surface area contributed by atoms with Gasteiger partial charge in [-0.05, 0) is 12.3 Å². The molecule has 0 spiro atoms. The molecule has 0 rings (SSSR count). The minimum atomic E-state index is -1.15. The van der Waals surface area contributed by atoms with Crippen LogP contribution in [0.25, 0.3) is 0 Å². The van der Waals surface area contributed by atoms with E-state index in [0.717, 1.165) is 0 Å². The number of carbonyl (C=O) groups is 1. The zero-order valence-electron chi connectivity index (χ0n) is 13.4. The Morgan fingerprint density at radius 2 is 1.75 bits per heavy atom. The predicted molar refractivity (Wildman–Crippen MR) is 74.6 cm³/mol. The molecule has 0 aliphatic carbocycles. The second-order valence-electron chi connectivity index (χ2n) is 5.80. The summed E-state index contributed by atoms with van der Waals surface area (Å²) in [7, 11) is 3.08. The minimum Gasteiger partial charge on any atom is -0.481 e. The van der Waals surface area contributed by atoms with Gasteiger partial charge in [0.2, 0.25) is 0 Å². The minimum absolute atomic E-state index is 0.0216. The van der Waals surface area contributed by atoms with E-state index < -0.39 is 23.1 Å². The van der Waals surface area contributed by atoms with Crippen LogP contribution in [0.1, 0.15) is 27.7 Å². The van der Waals surface area contributed by atoms with Crippen molar-refractivity contribution in [1.82, 2.24) is 0 Å². The molecule has 2 atom stereocenters. The SMILES string of the molecule is COCCOCC(COC(C)OC)(C(=O)O)C(C)(C)C. The summed E-state index contributed by atoms with van der Waals surface area (Å²) in [6.45, 7) is 8.17. The smallest absolute Gasteiger partial charge is 0.314 e. The topological polar surface area (TPSA) is 74.2 Å². The number of ether oxygens (including phenoxy) is 4. The highest BCUT2D eigenvalue weighted by Crippen LogP contribution is 2.40. The van der Waals surface area contributed by atoms with Gasteiger partial charge in [0.05, 0.1) is 26.4 Å². The molecule has 0 amide bonds. The maximum atomic E-state index is 11.8. The van der Waals surface area contributed by atoms with Crippen LogP contribution in [0.4, 0.5) is 0 Å². The summed E-state index contributed by atoms with van der Waals surface area (Å²) in [6.07, 6.45) is -0.463. The third kappa shape index (κ3) is 5.36. The molecule has 20 heavy (non-hydrogen) atoms. The van der Waals surface area contributed by atoms with Crippen LogP contribution < -0.4 is 0 Å². The monoisotopic (exact) mass is 292 g/mol. The second kappa shape index (κ2) is 8.56. The van der Waals surface area contributed by atoms with Gasteiger partial charge < -0.3 is 24.1 Å². The molecule has 0 aromatic heterocycles. The third-order valence-electron chi connectivity index (χ3n) is 3.52. The van der Waals surface area contributed by atoms with E-state index in [1.54, 1.807) is 14.0 Å². The van der Waals surface area contributed by atoms with E-state index >= 15 is 0 Å². The van der Waals surface area contributed by atoms with Crippen molar-refractivity contribution in [3.63, 3.8) is 0 Å². The molecule has 0 heterocycles. The lowest BCUT2D eigenvalue weighted by atomic mass is 9.67. The molecular formula is C14H28O6. The Bertz CT molecular complexity index is 286. The fourth-order valence-corrected chi connectivity index (χ4v) is 1.64. The Morgan fingerprint density at radius 3 is 2.15 bits per heavy atom. The van der Waals surface area contributed by atoms with Crippen molar-refractivity contribution in [2.75, 3.05) is 40.6 Å². The van der Waals surface area contributed by atoms with Crippen molar-refractivity contribution in [3.05, 3.63) is 0 Å². The van der Waals surface area contributed by atoms with Crippen LogP contribution in [-0.4, -0.2) is 58.0 Å². The lowest BCUT2D eigenvalue weighted by Crippen LogP contribution is -2.51. The van der Waals surface area contributed by atoms with E-state index in [9.17, 15) is 9.90 Å². The largest absolute Gasteiger partial charge is 0.481 e. The van der Waals surface area contributed by atoms with Crippen LogP contribution in [0.5, 0.6) is 0 Å². The number of hydrogen-bond donors (Lipinski definition) is 1. The molecule has 6 nitrogen and oxygen atoms in total. The normalized spacial score (nSPS) is 16.7. The average Bonchev–Trinajstić information content (AvgIpc) is 2.35. The van der Waals surface area contributed by atoms with Gasteiger partial charge in [-0.3, -0.25) is 4.79 Å². The van der Waals surface area contributed by atoms with Gasteiger partial charge in [-0.2, -0.15) is 0 Å². The molecule has 120 valence electrons. The summed E-state index contributed by atoms with van der Waals surface area (Å²) in [6, 6.07) is 0. The van der Waals surface area contributed by atoms with Crippen molar-refractivity contribution in [2.24, 2.45) is 10.8 Å². The van der Waals surface area contributed by atoms with Crippen molar-refractivity contribution < 1.29 is 28.8 Å². The molecule has 0 radical (unpaired) electrons. The maximum absolute atomic E-state index is 11.8. The highest BCUT2D eigenvalue weighted by molar-refractivity contribution is 5.76. The first-order valence-corrected chi connectivity index (χ1v) is 6.65. The van der Waals surface area contributed by atoms with Crippen molar-refractivity contribution in [3.8, 4) is 0 Å². The van der Waals surface area contributed by atoms with E-state index in [0.29, 0.717) is 13.2 Å². The number of methoxy groups -OCH3 is 2. The molecule has 1 N–H and O–H groups in total. The van der Waals surface area contributed by atoms with E-state index in [4.69, 9.17) is 18.9 Å². The fourth-order valence-electron chi connectivity index (χ4n) is 1.64. The molecule has 0 aromatic carbocycles. The number of rotatable bonds is 10. The number of aliphatic carboxylic acids is 1. The van der Waals surface area contributed by atoms with Crippen molar-refractivity contribution in [2.45, 2.75) is 34.0 Å². The Morgan fingerprint density at radius 1 is 1.15 bits per heavy atom. The maximum Gasteiger partial charge on any atom is 0.314 e. The number of carboxylic acid groups (broad SMARTS) is 1. The molecule has 0 aliphatic rings. The molecule has 0 saturated heterocycles. The Hall–Kier alpha value is -0.690. The quantitative estimate of drug-likeness (QED) is 0.488. The van der Waals surface area contributed by atoms with Crippen LogP contribution in [0.15, 0.2) is 0 Å². The highest BCUT2D eigenvalue weighted by atomic mass is 16.7. The fraction of sp³-hybridized carbons (Fsp3) is 0.929. The summed E-state index contributed by atoms with van der Waals surface area (Å²) in [5.41, 5.74) is -1.67. The summed E-state index contributed by atoms with van der Waals surface area (Å²) in [5.74, 6) is -0.939. The molecule has 0 fully saturated rings. The zero-order valence-corrected chi connectivity index (χ0v) is 13.4. The molecular weight excluding hydrogens is 264 g/mol. The molecule has 0 saturated carbocycles. The lowest BCUT2D eigenvalue weighted by Gasteiger charge is -2.41. The van der Waals surface area contributed by atoms with Crippen LogP contribution in [0.3, 0.4) is 0 Å². The van der Waals surface area contributed by atoms with Crippen LogP contribution in [0.2, 0.25) is 0 Å². The van der Waals surface area contributed by atoms with E-state index in [2.05, 4.69) is 0 Å². The predicted octanol–water partition coefficient (Wildman–Crippen LogP) is 1.78. The zero-order chi connectivity index (χ0) is 15.8. The van der Waals surface area contributed by atoms with Crippen molar-refractivity contribution in [1.29, 1.82) is 0 Å². The first-order valence-electron chi connectivity index (χ1n) is 6.65. The molecule has 0 aromatic rings. The number of hydrogen-bond acceptors (Lipinski definition) is 5. The Balaban J connectivity index is 4.92. The van der Waals surface area contributed by atoms with Crippen LogP contribution in [-0.2, 0) is 23.7 Å². The first kappa shape index (κ1) is 19.3. The standard InChI is InChI=1S/C14H28O6/c1-11(18-6)20-10-14(12(15)16,13(2,3)4)9-19-8-7-17-5/h11H,7-10H2,1-6H3,(H,15,16). The summed E-state index contributed by atoms with van der Waals surface area (Å²) < 4.78 is 20.9. The average molecular weight is 292 g/mol. The summed E-state index contributed by atoms with van der Waals surface area (Å²) >= 11 is 0.